The Labute approximate surface area is 173 Å². The molecule has 4 rings (SSSR count). The van der Waals surface area contributed by atoms with Crippen molar-refractivity contribution in [1.29, 1.82) is 0 Å². The maximum Gasteiger partial charge on any atom is 0.240 e. The van der Waals surface area contributed by atoms with Gasteiger partial charge in [-0.25, -0.2) is 4.68 Å². The van der Waals surface area contributed by atoms with Crippen LogP contribution in [0.4, 0.5) is 17.3 Å². The summed E-state index contributed by atoms with van der Waals surface area (Å²) in [7, 11) is 3.23. The molecule has 0 aliphatic carbocycles. The number of fused-ring (bicyclic) bond motifs is 1. The van der Waals surface area contributed by atoms with E-state index in [2.05, 4.69) is 44.9 Å². The van der Waals surface area contributed by atoms with Gasteiger partial charge >= 0.3 is 0 Å². The van der Waals surface area contributed by atoms with Crippen molar-refractivity contribution in [2.75, 3.05) is 25.3 Å². The molecule has 0 amide bonds. The van der Waals surface area contributed by atoms with Crippen LogP contribution in [0.1, 0.15) is 18.1 Å². The van der Waals surface area contributed by atoms with E-state index in [1.54, 1.807) is 25.1 Å². The van der Waals surface area contributed by atoms with Crippen molar-refractivity contribution in [3.8, 4) is 11.5 Å². The summed E-state index contributed by atoms with van der Waals surface area (Å²) in [6.07, 6.45) is 2.61. The van der Waals surface area contributed by atoms with Crippen LogP contribution in [-0.4, -0.2) is 39.4 Å². The highest BCUT2D eigenvalue weighted by Crippen LogP contribution is 2.36. The van der Waals surface area contributed by atoms with Gasteiger partial charge in [-0.2, -0.15) is 0 Å². The zero-order chi connectivity index (χ0) is 21.1. The first kappa shape index (κ1) is 19.4. The number of hydrogen-bond acceptors (Lipinski definition) is 8. The molecule has 0 aliphatic rings. The van der Waals surface area contributed by atoms with Crippen molar-refractivity contribution in [3.63, 3.8) is 0 Å². The fourth-order valence-corrected chi connectivity index (χ4v) is 3.53. The van der Waals surface area contributed by atoms with Gasteiger partial charge in [0.25, 0.3) is 0 Å². The summed E-state index contributed by atoms with van der Waals surface area (Å²) in [6.45, 7) is 2.62. The van der Waals surface area contributed by atoms with Crippen LogP contribution in [0.15, 0.2) is 42.6 Å². The van der Waals surface area contributed by atoms with Crippen molar-refractivity contribution in [2.24, 2.45) is 0 Å². The molecular formula is C21H23N7O2. The monoisotopic (exact) mass is 405 g/mol. The number of ether oxygens (including phenoxy) is 2. The number of pyridine rings is 1. The van der Waals surface area contributed by atoms with Crippen LogP contribution in [0.3, 0.4) is 0 Å². The molecule has 9 heteroatoms. The van der Waals surface area contributed by atoms with Gasteiger partial charge < -0.3 is 20.5 Å². The molecule has 0 spiro atoms. The van der Waals surface area contributed by atoms with Gasteiger partial charge in [0.2, 0.25) is 5.95 Å². The molecule has 0 unspecified atom stereocenters. The van der Waals surface area contributed by atoms with Crippen LogP contribution < -0.4 is 20.5 Å². The molecule has 0 saturated heterocycles. The second kappa shape index (κ2) is 8.24. The summed E-state index contributed by atoms with van der Waals surface area (Å²) in [6, 6.07) is 11.9. The number of anilines is 3. The van der Waals surface area contributed by atoms with Crippen LogP contribution in [0.5, 0.6) is 11.5 Å². The summed E-state index contributed by atoms with van der Waals surface area (Å²) < 4.78 is 12.5. The molecule has 30 heavy (non-hydrogen) atoms. The van der Waals surface area contributed by atoms with Crippen molar-refractivity contribution >= 4 is 28.2 Å². The number of nitrogen functional groups attached to an aromatic ring is 1. The van der Waals surface area contributed by atoms with E-state index in [1.807, 2.05) is 24.3 Å². The van der Waals surface area contributed by atoms with Crippen LogP contribution >= 0.6 is 0 Å². The third kappa shape index (κ3) is 3.57. The number of nitrogens with one attached hydrogen (secondary N) is 1. The van der Waals surface area contributed by atoms with E-state index in [0.717, 1.165) is 39.8 Å². The van der Waals surface area contributed by atoms with Crippen LogP contribution in [0.25, 0.3) is 10.9 Å². The molecule has 0 fully saturated rings. The normalized spacial score (nSPS) is 10.9. The van der Waals surface area contributed by atoms with Gasteiger partial charge in [-0.1, -0.05) is 24.2 Å². The molecule has 0 atom stereocenters. The standard InChI is InChI=1S/C21H23N7O2/c1-4-14-13(12-28-21(22)25-26-27-28)6-5-7-16(14)24-17-8-9-23-18-11-20(30-3)19(29-2)10-15(17)18/h5-11H,4,12H2,1-3H3,(H,23,24)(H2,22,25,27). The molecule has 4 aromatic rings. The van der Waals surface area contributed by atoms with Crippen molar-refractivity contribution in [3.05, 3.63) is 53.7 Å². The number of rotatable bonds is 7. The lowest BCUT2D eigenvalue weighted by molar-refractivity contribution is 0.356. The fraction of sp³-hybridized carbons (Fsp3) is 0.238. The van der Waals surface area contributed by atoms with Crippen molar-refractivity contribution in [2.45, 2.75) is 19.9 Å². The molecule has 0 radical (unpaired) electrons. The average molecular weight is 405 g/mol. The van der Waals surface area contributed by atoms with E-state index in [9.17, 15) is 0 Å². The first-order valence-electron chi connectivity index (χ1n) is 9.54. The number of tetrazole rings is 1. The number of nitrogens with two attached hydrogens (primary N) is 1. The van der Waals surface area contributed by atoms with Crippen LogP contribution in [-0.2, 0) is 13.0 Å². The van der Waals surface area contributed by atoms with Gasteiger partial charge in [0.05, 0.1) is 26.3 Å². The lowest BCUT2D eigenvalue weighted by atomic mass is 10.0. The molecule has 2 aromatic carbocycles. The zero-order valence-electron chi connectivity index (χ0n) is 17.1. The highest BCUT2D eigenvalue weighted by molar-refractivity contribution is 5.95. The Morgan fingerprint density at radius 1 is 1.07 bits per heavy atom. The topological polar surface area (TPSA) is 113 Å². The van der Waals surface area contributed by atoms with Gasteiger partial charge in [0.15, 0.2) is 11.5 Å². The Hall–Kier alpha value is -3.88. The Morgan fingerprint density at radius 2 is 1.87 bits per heavy atom. The minimum absolute atomic E-state index is 0.289. The summed E-state index contributed by atoms with van der Waals surface area (Å²) in [5.41, 5.74) is 10.8. The first-order chi connectivity index (χ1) is 14.6. The lowest BCUT2D eigenvalue weighted by Crippen LogP contribution is -2.09. The third-order valence-electron chi connectivity index (χ3n) is 5.02. The predicted molar refractivity (Wildman–Crippen MR) is 115 cm³/mol. The molecular weight excluding hydrogens is 382 g/mol. The molecule has 2 aromatic heterocycles. The molecule has 9 nitrogen and oxygen atoms in total. The predicted octanol–water partition coefficient (Wildman–Crippen LogP) is 3.18. The number of aromatic nitrogens is 5. The maximum atomic E-state index is 5.84. The first-order valence-corrected chi connectivity index (χ1v) is 9.54. The number of nitrogens with zero attached hydrogens (tertiary/aromatic N) is 5. The third-order valence-corrected chi connectivity index (χ3v) is 5.02. The quantitative estimate of drug-likeness (QED) is 0.482. The second-order valence-electron chi connectivity index (χ2n) is 6.70. The van der Waals surface area contributed by atoms with Gasteiger partial charge in [0.1, 0.15) is 0 Å². The number of methoxy groups -OCH3 is 2. The Kier molecular flexibility index (Phi) is 5.34. The Balaban J connectivity index is 1.75. The lowest BCUT2D eigenvalue weighted by Gasteiger charge is -2.17. The van der Waals surface area contributed by atoms with E-state index < -0.39 is 0 Å². The van der Waals surface area contributed by atoms with Crippen molar-refractivity contribution in [1.82, 2.24) is 25.2 Å². The van der Waals surface area contributed by atoms with Crippen LogP contribution in [0.2, 0.25) is 0 Å². The SMILES string of the molecule is CCc1c(Cn2nnnc2N)cccc1Nc1ccnc2cc(OC)c(OC)cc12. The molecule has 154 valence electrons. The fourth-order valence-electron chi connectivity index (χ4n) is 3.53. The zero-order valence-corrected chi connectivity index (χ0v) is 17.1. The smallest absolute Gasteiger partial charge is 0.240 e. The van der Waals surface area contributed by atoms with Gasteiger partial charge in [0, 0.05) is 29.0 Å². The Bertz CT molecular complexity index is 1190. The van der Waals surface area contributed by atoms with E-state index in [1.165, 1.54) is 0 Å². The number of benzene rings is 2. The largest absolute Gasteiger partial charge is 0.493 e. The van der Waals surface area contributed by atoms with Gasteiger partial charge in [-0.15, -0.1) is 0 Å². The summed E-state index contributed by atoms with van der Waals surface area (Å²) in [5.74, 6) is 1.58. The van der Waals surface area contributed by atoms with E-state index in [4.69, 9.17) is 15.2 Å². The second-order valence-corrected chi connectivity index (χ2v) is 6.70. The van der Waals surface area contributed by atoms with E-state index in [-0.39, 0.29) is 5.95 Å². The molecule has 0 saturated carbocycles. The highest BCUT2D eigenvalue weighted by Gasteiger charge is 2.13. The summed E-state index contributed by atoms with van der Waals surface area (Å²) in [4.78, 5) is 4.47. The molecule has 2 heterocycles. The number of hydrogen-bond donors (Lipinski definition) is 2. The van der Waals surface area contributed by atoms with Crippen molar-refractivity contribution < 1.29 is 9.47 Å². The summed E-state index contributed by atoms with van der Waals surface area (Å²) >= 11 is 0. The van der Waals surface area contributed by atoms with Crippen LogP contribution in [0, 0.1) is 0 Å². The highest BCUT2D eigenvalue weighted by atomic mass is 16.5. The molecule has 0 bridgehead atoms. The molecule has 3 N–H and O–H groups in total. The molecule has 0 aliphatic heterocycles. The van der Waals surface area contributed by atoms with E-state index in [0.29, 0.717) is 18.0 Å². The van der Waals surface area contributed by atoms with Gasteiger partial charge in [-0.05, 0) is 46.2 Å². The minimum atomic E-state index is 0.289. The van der Waals surface area contributed by atoms with Gasteiger partial charge in [-0.3, -0.25) is 4.98 Å². The average Bonchev–Trinajstić information content (AvgIpc) is 3.17. The Morgan fingerprint density at radius 3 is 2.57 bits per heavy atom. The minimum Gasteiger partial charge on any atom is -0.493 e. The maximum absolute atomic E-state index is 5.84. The van der Waals surface area contributed by atoms with E-state index >= 15 is 0 Å². The summed E-state index contributed by atoms with van der Waals surface area (Å²) in [5, 5.41) is 15.8.